The van der Waals surface area contributed by atoms with E-state index in [2.05, 4.69) is 10.3 Å². The van der Waals surface area contributed by atoms with Crippen molar-refractivity contribution in [2.75, 3.05) is 0 Å². The molecule has 0 unspecified atom stereocenters. The molecular formula is C24H27N3O3. The van der Waals surface area contributed by atoms with Crippen molar-refractivity contribution in [1.82, 2.24) is 10.3 Å². The summed E-state index contributed by atoms with van der Waals surface area (Å²) in [5.41, 5.74) is 10.5. The molecule has 0 fully saturated rings. The standard InChI is InChI=1S/C24H27N3O3/c25-21(14-18-6-8-19(9-7-18)20-10-12-26-13-11-20)16-23(28)22(27-24(29)30)15-17-4-2-1-3-5-17/h1-13,21-23,27-28H,14-16,25H2,(H,29,30)/t21-,22-,23+/m0/s1. The smallest absolute Gasteiger partial charge is 0.404 e. The molecule has 0 spiro atoms. The highest BCUT2D eigenvalue weighted by Crippen LogP contribution is 2.20. The lowest BCUT2D eigenvalue weighted by molar-refractivity contribution is 0.105. The molecule has 3 rings (SSSR count). The summed E-state index contributed by atoms with van der Waals surface area (Å²) in [6.45, 7) is 0. The van der Waals surface area contributed by atoms with Gasteiger partial charge in [-0.3, -0.25) is 4.98 Å². The number of aliphatic hydroxyl groups excluding tert-OH is 1. The number of nitrogens with zero attached hydrogens (tertiary/aromatic N) is 1. The Balaban J connectivity index is 1.59. The zero-order valence-corrected chi connectivity index (χ0v) is 16.7. The van der Waals surface area contributed by atoms with Crippen LogP contribution in [0.2, 0.25) is 0 Å². The van der Waals surface area contributed by atoms with Gasteiger partial charge >= 0.3 is 6.09 Å². The molecule has 0 saturated carbocycles. The van der Waals surface area contributed by atoms with Crippen LogP contribution in [0, 0.1) is 0 Å². The van der Waals surface area contributed by atoms with Crippen LogP contribution in [0.3, 0.4) is 0 Å². The molecule has 6 heteroatoms. The Morgan fingerprint density at radius 2 is 1.50 bits per heavy atom. The van der Waals surface area contributed by atoms with Crippen LogP contribution in [0.15, 0.2) is 79.1 Å². The topological polar surface area (TPSA) is 108 Å². The number of nitrogens with one attached hydrogen (secondary N) is 1. The van der Waals surface area contributed by atoms with E-state index in [1.807, 2.05) is 66.7 Å². The van der Waals surface area contributed by atoms with Gasteiger partial charge in [0.15, 0.2) is 0 Å². The zero-order valence-electron chi connectivity index (χ0n) is 16.7. The molecule has 5 N–H and O–H groups in total. The molecule has 0 aliphatic heterocycles. The summed E-state index contributed by atoms with van der Waals surface area (Å²) in [6.07, 6.45) is 2.78. The van der Waals surface area contributed by atoms with Crippen LogP contribution in [-0.4, -0.2) is 39.5 Å². The van der Waals surface area contributed by atoms with E-state index in [1.165, 1.54) is 0 Å². The lowest BCUT2D eigenvalue weighted by Gasteiger charge is -2.25. The van der Waals surface area contributed by atoms with E-state index in [0.29, 0.717) is 19.3 Å². The minimum atomic E-state index is -1.16. The zero-order chi connectivity index (χ0) is 21.3. The van der Waals surface area contributed by atoms with Gasteiger partial charge in [-0.1, -0.05) is 54.6 Å². The lowest BCUT2D eigenvalue weighted by Crippen LogP contribution is -2.46. The van der Waals surface area contributed by atoms with Crippen molar-refractivity contribution in [3.8, 4) is 11.1 Å². The summed E-state index contributed by atoms with van der Waals surface area (Å²) in [5, 5.41) is 22.2. The van der Waals surface area contributed by atoms with Crippen molar-refractivity contribution in [3.05, 3.63) is 90.3 Å². The molecule has 0 aliphatic carbocycles. The first kappa shape index (κ1) is 21.5. The molecule has 0 saturated heterocycles. The van der Waals surface area contributed by atoms with Crippen molar-refractivity contribution in [3.63, 3.8) is 0 Å². The Hall–Kier alpha value is -3.22. The van der Waals surface area contributed by atoms with Gasteiger partial charge in [0, 0.05) is 18.4 Å². The second kappa shape index (κ2) is 10.5. The second-order valence-corrected chi connectivity index (χ2v) is 7.45. The third kappa shape index (κ3) is 6.40. The van der Waals surface area contributed by atoms with Crippen molar-refractivity contribution >= 4 is 6.09 Å². The highest BCUT2D eigenvalue weighted by Gasteiger charge is 2.23. The fourth-order valence-electron chi connectivity index (χ4n) is 3.55. The Morgan fingerprint density at radius 1 is 0.900 bits per heavy atom. The highest BCUT2D eigenvalue weighted by molar-refractivity contribution is 5.65. The van der Waals surface area contributed by atoms with E-state index >= 15 is 0 Å². The molecule has 30 heavy (non-hydrogen) atoms. The first-order chi connectivity index (χ1) is 14.5. The Labute approximate surface area is 176 Å². The van der Waals surface area contributed by atoms with Gasteiger partial charge in [-0.05, 0) is 53.6 Å². The van der Waals surface area contributed by atoms with E-state index < -0.39 is 18.2 Å². The normalized spacial score (nSPS) is 13.9. The average molecular weight is 405 g/mol. The quantitative estimate of drug-likeness (QED) is 0.437. The predicted molar refractivity (Wildman–Crippen MR) is 117 cm³/mol. The number of pyridine rings is 1. The monoisotopic (exact) mass is 405 g/mol. The summed E-state index contributed by atoms with van der Waals surface area (Å²) in [7, 11) is 0. The van der Waals surface area contributed by atoms with Gasteiger partial charge in [-0.15, -0.1) is 0 Å². The molecule has 0 bridgehead atoms. The average Bonchev–Trinajstić information content (AvgIpc) is 2.75. The summed E-state index contributed by atoms with van der Waals surface area (Å²) >= 11 is 0. The number of hydrogen-bond acceptors (Lipinski definition) is 4. The van der Waals surface area contributed by atoms with E-state index in [-0.39, 0.29) is 6.04 Å². The number of benzene rings is 2. The summed E-state index contributed by atoms with van der Waals surface area (Å²) < 4.78 is 0. The Bertz CT molecular complexity index is 917. The van der Waals surface area contributed by atoms with Crippen LogP contribution in [0.4, 0.5) is 4.79 Å². The number of carboxylic acid groups (broad SMARTS) is 1. The van der Waals surface area contributed by atoms with E-state index in [4.69, 9.17) is 10.8 Å². The summed E-state index contributed by atoms with van der Waals surface area (Å²) in [5.74, 6) is 0. The van der Waals surface area contributed by atoms with Gasteiger partial charge in [0.05, 0.1) is 12.1 Å². The summed E-state index contributed by atoms with van der Waals surface area (Å²) in [4.78, 5) is 15.2. The van der Waals surface area contributed by atoms with Crippen LogP contribution in [0.25, 0.3) is 11.1 Å². The summed E-state index contributed by atoms with van der Waals surface area (Å²) in [6, 6.07) is 20.6. The number of nitrogens with two attached hydrogens (primary N) is 1. The van der Waals surface area contributed by atoms with Gasteiger partial charge in [0.2, 0.25) is 0 Å². The van der Waals surface area contributed by atoms with Crippen molar-refractivity contribution in [1.29, 1.82) is 0 Å². The number of carbonyl (C=O) groups is 1. The molecule has 3 aromatic rings. The van der Waals surface area contributed by atoms with Crippen LogP contribution >= 0.6 is 0 Å². The number of amides is 1. The second-order valence-electron chi connectivity index (χ2n) is 7.45. The molecule has 1 aromatic heterocycles. The minimum Gasteiger partial charge on any atom is -0.465 e. The number of rotatable bonds is 9. The van der Waals surface area contributed by atoms with Gasteiger partial charge in [-0.2, -0.15) is 0 Å². The lowest BCUT2D eigenvalue weighted by atomic mass is 9.93. The third-order valence-corrected chi connectivity index (χ3v) is 5.08. The molecular weight excluding hydrogens is 378 g/mol. The molecule has 1 heterocycles. The fourth-order valence-corrected chi connectivity index (χ4v) is 3.55. The Morgan fingerprint density at radius 3 is 2.13 bits per heavy atom. The van der Waals surface area contributed by atoms with Gasteiger partial charge < -0.3 is 21.3 Å². The number of aromatic nitrogens is 1. The molecule has 3 atom stereocenters. The molecule has 6 nitrogen and oxygen atoms in total. The maximum Gasteiger partial charge on any atom is 0.404 e. The van der Waals surface area contributed by atoms with Crippen LogP contribution < -0.4 is 11.1 Å². The molecule has 0 aliphatic rings. The number of aliphatic hydroxyl groups is 1. The van der Waals surface area contributed by atoms with Gasteiger partial charge in [0.25, 0.3) is 0 Å². The van der Waals surface area contributed by atoms with Crippen LogP contribution in [0.5, 0.6) is 0 Å². The molecule has 2 aromatic carbocycles. The first-order valence-electron chi connectivity index (χ1n) is 9.97. The number of hydrogen-bond donors (Lipinski definition) is 4. The maximum absolute atomic E-state index is 11.2. The van der Waals surface area contributed by atoms with Gasteiger partial charge in [-0.25, -0.2) is 4.79 Å². The van der Waals surface area contributed by atoms with Crippen LogP contribution in [0.1, 0.15) is 17.5 Å². The minimum absolute atomic E-state index is 0.291. The van der Waals surface area contributed by atoms with Gasteiger partial charge in [0.1, 0.15) is 0 Å². The van der Waals surface area contributed by atoms with Crippen LogP contribution in [-0.2, 0) is 12.8 Å². The van der Waals surface area contributed by atoms with E-state index in [0.717, 1.165) is 22.3 Å². The predicted octanol–water partition coefficient (Wildman–Crippen LogP) is 3.25. The molecule has 156 valence electrons. The third-order valence-electron chi connectivity index (χ3n) is 5.08. The fraction of sp³-hybridized carbons (Fsp3) is 0.250. The molecule has 0 radical (unpaired) electrons. The largest absolute Gasteiger partial charge is 0.465 e. The SMILES string of the molecule is N[C@@H](Cc1ccc(-c2ccncc2)cc1)C[C@@H](O)[C@H](Cc1ccccc1)NC(=O)O. The van der Waals surface area contributed by atoms with E-state index in [1.54, 1.807) is 12.4 Å². The van der Waals surface area contributed by atoms with E-state index in [9.17, 15) is 9.90 Å². The highest BCUT2D eigenvalue weighted by atomic mass is 16.4. The molecule has 1 amide bonds. The van der Waals surface area contributed by atoms with Crippen molar-refractivity contribution in [2.24, 2.45) is 5.73 Å². The maximum atomic E-state index is 11.2. The van der Waals surface area contributed by atoms with Crippen molar-refractivity contribution < 1.29 is 15.0 Å². The first-order valence-corrected chi connectivity index (χ1v) is 9.97. The van der Waals surface area contributed by atoms with Crippen molar-refractivity contribution in [2.45, 2.75) is 37.5 Å². The Kier molecular flexibility index (Phi) is 7.54.